The van der Waals surface area contributed by atoms with Crippen LogP contribution >= 0.6 is 18.3 Å². The molecule has 0 saturated heterocycles. The Morgan fingerprint density at radius 2 is 1.65 bits per heavy atom. The van der Waals surface area contributed by atoms with Crippen molar-refractivity contribution in [2.24, 2.45) is 0 Å². The summed E-state index contributed by atoms with van der Waals surface area (Å²) in [6.45, 7) is 4.90. The molecule has 0 spiro atoms. The first-order chi connectivity index (χ1) is 10.9. The Morgan fingerprint density at radius 3 is 2.13 bits per heavy atom. The van der Waals surface area contributed by atoms with Crippen LogP contribution in [0.3, 0.4) is 0 Å². The van der Waals surface area contributed by atoms with Crippen molar-refractivity contribution in [1.82, 2.24) is 0 Å². The predicted molar refractivity (Wildman–Crippen MR) is 106 cm³/mol. The minimum absolute atomic E-state index is 0.603. The molecule has 23 heavy (non-hydrogen) atoms. The first-order valence-electron chi connectivity index (χ1n) is 8.18. The van der Waals surface area contributed by atoms with E-state index in [0.717, 1.165) is 6.42 Å². The van der Waals surface area contributed by atoms with Gasteiger partial charge in [-0.3, -0.25) is 0 Å². The molecule has 1 rings (SSSR count). The zero-order chi connectivity index (χ0) is 17.3. The van der Waals surface area contributed by atoms with Gasteiger partial charge >= 0.3 is 154 Å². The summed E-state index contributed by atoms with van der Waals surface area (Å²) < 4.78 is 16.9. The predicted octanol–water partition coefficient (Wildman–Crippen LogP) is 6.50. The summed E-state index contributed by atoms with van der Waals surface area (Å²) in [4.78, 5) is 0. The number of rotatable bonds is 11. The molecular formula is C16H28ClGeO3PS. The Balaban J connectivity index is 2.52. The first-order valence-corrected chi connectivity index (χ1v) is 17.0. The van der Waals surface area contributed by atoms with Gasteiger partial charge in [0.05, 0.1) is 0 Å². The molecular weight excluding hydrogens is 411 g/mol. The number of benzene rings is 1. The zero-order valence-corrected chi connectivity index (χ0v) is 19.1. The van der Waals surface area contributed by atoms with Gasteiger partial charge in [-0.05, 0) is 0 Å². The summed E-state index contributed by atoms with van der Waals surface area (Å²) in [5.74, 6) is 0.627. The molecule has 0 aliphatic heterocycles. The van der Waals surface area contributed by atoms with Gasteiger partial charge in [-0.1, -0.05) is 0 Å². The van der Waals surface area contributed by atoms with Crippen LogP contribution in [0.4, 0.5) is 0 Å². The molecule has 0 radical (unpaired) electrons. The fourth-order valence-electron chi connectivity index (χ4n) is 2.64. The summed E-state index contributed by atoms with van der Waals surface area (Å²) in [7, 11) is 1.54. The maximum absolute atomic E-state index is 5.87. The Labute approximate surface area is 153 Å². The van der Waals surface area contributed by atoms with Crippen molar-refractivity contribution in [3.05, 3.63) is 29.3 Å². The van der Waals surface area contributed by atoms with Gasteiger partial charge in [0.25, 0.3) is 0 Å². The van der Waals surface area contributed by atoms with Gasteiger partial charge < -0.3 is 0 Å². The van der Waals surface area contributed by atoms with Crippen LogP contribution in [0.1, 0.15) is 27.2 Å². The van der Waals surface area contributed by atoms with Gasteiger partial charge in [-0.15, -0.1) is 0 Å². The third-order valence-electron chi connectivity index (χ3n) is 4.61. The number of hydrogen-bond donors (Lipinski definition) is 0. The van der Waals surface area contributed by atoms with E-state index in [1.54, 1.807) is 31.4 Å². The molecule has 0 saturated carbocycles. The van der Waals surface area contributed by atoms with Crippen molar-refractivity contribution in [3.63, 3.8) is 0 Å². The summed E-state index contributed by atoms with van der Waals surface area (Å²) in [5, 5.41) is 6.13. The molecule has 1 aromatic carbocycles. The van der Waals surface area contributed by atoms with Crippen molar-refractivity contribution in [3.8, 4) is 5.75 Å². The van der Waals surface area contributed by atoms with E-state index in [4.69, 9.17) is 37.0 Å². The van der Waals surface area contributed by atoms with E-state index in [9.17, 15) is 0 Å². The standard InChI is InChI=1S/C16H28ClGeO3PS/c1-5-18(6-2,7-3)13-8-14-20-22(23,19-4)21-16-11-9-15(17)10-12-16/h9-12H,5-8,13-14H2,1-4H3. The summed E-state index contributed by atoms with van der Waals surface area (Å²) >= 11 is 9.68. The van der Waals surface area contributed by atoms with E-state index < -0.39 is 20.0 Å². The Kier molecular flexibility index (Phi) is 9.73. The molecule has 0 N–H and O–H groups in total. The molecule has 0 aliphatic carbocycles. The average molecular weight is 440 g/mol. The van der Waals surface area contributed by atoms with Crippen LogP contribution in [-0.2, 0) is 20.9 Å². The number of halogens is 1. The molecule has 1 unspecified atom stereocenters. The fraction of sp³-hybridized carbons (Fsp3) is 0.625. The molecule has 1 aromatic rings. The average Bonchev–Trinajstić information content (AvgIpc) is 2.58. The second kappa shape index (κ2) is 10.4. The van der Waals surface area contributed by atoms with Gasteiger partial charge in [-0.2, -0.15) is 0 Å². The van der Waals surface area contributed by atoms with Crippen LogP contribution in [0.5, 0.6) is 5.75 Å². The zero-order valence-electron chi connectivity index (χ0n) is 14.5. The quantitative estimate of drug-likeness (QED) is 0.223. The van der Waals surface area contributed by atoms with Crippen molar-refractivity contribution < 1.29 is 13.6 Å². The van der Waals surface area contributed by atoms with Gasteiger partial charge in [0.15, 0.2) is 0 Å². The molecule has 0 aliphatic rings. The molecule has 0 aromatic heterocycles. The van der Waals surface area contributed by atoms with E-state index in [2.05, 4.69) is 20.8 Å². The van der Waals surface area contributed by atoms with Gasteiger partial charge in [0.2, 0.25) is 0 Å². The van der Waals surface area contributed by atoms with E-state index in [-0.39, 0.29) is 0 Å². The molecule has 0 amide bonds. The monoisotopic (exact) mass is 440 g/mol. The molecule has 0 fully saturated rings. The first kappa shape index (κ1) is 21.5. The summed E-state index contributed by atoms with van der Waals surface area (Å²) in [6, 6.07) is 7.07. The third kappa shape index (κ3) is 7.05. The molecule has 132 valence electrons. The van der Waals surface area contributed by atoms with E-state index >= 15 is 0 Å². The van der Waals surface area contributed by atoms with E-state index in [1.807, 2.05) is 0 Å². The molecule has 3 nitrogen and oxygen atoms in total. The second-order valence-electron chi connectivity index (χ2n) is 5.67. The molecule has 0 heterocycles. The van der Waals surface area contributed by atoms with Crippen LogP contribution in [0, 0.1) is 0 Å². The number of hydrogen-bond acceptors (Lipinski definition) is 4. The second-order valence-corrected chi connectivity index (χ2v) is 20.9. The molecule has 0 bridgehead atoms. The van der Waals surface area contributed by atoms with Crippen molar-refractivity contribution >= 4 is 43.4 Å². The topological polar surface area (TPSA) is 27.7 Å². The normalized spacial score (nSPS) is 14.5. The van der Waals surface area contributed by atoms with Gasteiger partial charge in [-0.25, -0.2) is 0 Å². The van der Waals surface area contributed by atoms with Crippen LogP contribution in [0.25, 0.3) is 0 Å². The van der Waals surface area contributed by atoms with Crippen LogP contribution < -0.4 is 4.52 Å². The fourth-order valence-corrected chi connectivity index (χ4v) is 11.5. The van der Waals surface area contributed by atoms with Crippen LogP contribution in [0.15, 0.2) is 24.3 Å². The van der Waals surface area contributed by atoms with E-state index in [1.165, 1.54) is 21.0 Å². The Bertz CT molecular complexity index is 500. The van der Waals surface area contributed by atoms with E-state index in [0.29, 0.717) is 17.4 Å². The van der Waals surface area contributed by atoms with Crippen molar-refractivity contribution in [2.75, 3.05) is 13.7 Å². The maximum atomic E-state index is 5.87. The SMILES string of the molecule is C[CH2][Ge]([CH2]C)([CH2]C)[CH2]CCOP(=S)(OC)Oc1ccc(Cl)cc1. The molecule has 7 heteroatoms. The Hall–Kier alpha value is 0.423. The van der Waals surface area contributed by atoms with Crippen molar-refractivity contribution in [1.29, 1.82) is 0 Å². The van der Waals surface area contributed by atoms with Gasteiger partial charge in [0, 0.05) is 0 Å². The summed E-state index contributed by atoms with van der Waals surface area (Å²) in [5.41, 5.74) is 0. The van der Waals surface area contributed by atoms with Crippen molar-refractivity contribution in [2.45, 2.75) is 48.2 Å². The minimum atomic E-state index is -2.73. The summed E-state index contributed by atoms with van der Waals surface area (Å²) in [6.07, 6.45) is 1.04. The molecule has 1 atom stereocenters. The van der Waals surface area contributed by atoms with Gasteiger partial charge in [0.1, 0.15) is 0 Å². The third-order valence-corrected chi connectivity index (χ3v) is 19.6. The Morgan fingerprint density at radius 1 is 1.09 bits per heavy atom. The van der Waals surface area contributed by atoms with Crippen LogP contribution in [-0.4, -0.2) is 27.0 Å². The van der Waals surface area contributed by atoms with Crippen LogP contribution in [0.2, 0.25) is 26.0 Å².